The number of benzene rings is 1. The Bertz CT molecular complexity index is 632. The molecular formula is C16H16IN3O. The second-order valence-electron chi connectivity index (χ2n) is 5.02. The smallest absolute Gasteiger partial charge is 0.254 e. The number of pyridine rings is 1. The van der Waals surface area contributed by atoms with Crippen molar-refractivity contribution in [1.82, 2.24) is 15.2 Å². The lowest BCUT2D eigenvalue weighted by Crippen LogP contribution is -2.48. The standard InChI is InChI=1S/C16H16IN3O/c17-14-5-1-3-12(9-14)16(21)20-8-7-19-11-15(20)13-4-2-6-18-10-13/h1-6,9-10,15,19H,7-8,11H2. The fourth-order valence-corrected chi connectivity index (χ4v) is 3.15. The number of rotatable bonds is 2. The molecule has 1 aliphatic heterocycles. The second kappa shape index (κ2) is 6.53. The van der Waals surface area contributed by atoms with Crippen LogP contribution in [0.3, 0.4) is 0 Å². The Labute approximate surface area is 137 Å². The van der Waals surface area contributed by atoms with Crippen LogP contribution in [0.2, 0.25) is 0 Å². The molecule has 1 unspecified atom stereocenters. The highest BCUT2D eigenvalue weighted by Crippen LogP contribution is 2.24. The SMILES string of the molecule is O=C(c1cccc(I)c1)N1CCNCC1c1cccnc1. The number of carbonyl (C=O) groups is 1. The molecule has 1 saturated heterocycles. The minimum atomic E-state index is 0.0396. The predicted molar refractivity (Wildman–Crippen MR) is 90.0 cm³/mol. The average Bonchev–Trinajstić information content (AvgIpc) is 2.55. The van der Waals surface area contributed by atoms with E-state index in [-0.39, 0.29) is 11.9 Å². The van der Waals surface area contributed by atoms with Crippen molar-refractivity contribution in [3.63, 3.8) is 0 Å². The zero-order valence-electron chi connectivity index (χ0n) is 11.5. The Morgan fingerprint density at radius 2 is 2.24 bits per heavy atom. The largest absolute Gasteiger partial charge is 0.329 e. The number of carbonyl (C=O) groups excluding carboxylic acids is 1. The molecule has 21 heavy (non-hydrogen) atoms. The molecule has 2 aromatic rings. The molecule has 0 bridgehead atoms. The monoisotopic (exact) mass is 393 g/mol. The maximum atomic E-state index is 12.8. The zero-order valence-corrected chi connectivity index (χ0v) is 13.7. The Kier molecular flexibility index (Phi) is 4.50. The first-order valence-electron chi connectivity index (χ1n) is 6.93. The summed E-state index contributed by atoms with van der Waals surface area (Å²) in [5.74, 6) is 0.0869. The van der Waals surface area contributed by atoms with Crippen molar-refractivity contribution in [1.29, 1.82) is 0 Å². The number of nitrogens with one attached hydrogen (secondary N) is 1. The first kappa shape index (κ1) is 14.5. The van der Waals surface area contributed by atoms with Crippen LogP contribution in [0, 0.1) is 3.57 Å². The van der Waals surface area contributed by atoms with Gasteiger partial charge in [-0.2, -0.15) is 0 Å². The second-order valence-corrected chi connectivity index (χ2v) is 6.26. The lowest BCUT2D eigenvalue weighted by Gasteiger charge is -2.36. The molecule has 0 saturated carbocycles. The van der Waals surface area contributed by atoms with Crippen LogP contribution in [0.15, 0.2) is 48.8 Å². The number of halogens is 1. The van der Waals surface area contributed by atoms with Crippen molar-refractivity contribution >= 4 is 28.5 Å². The molecule has 1 N–H and O–H groups in total. The summed E-state index contributed by atoms with van der Waals surface area (Å²) in [6.07, 6.45) is 3.60. The molecule has 1 aliphatic rings. The third kappa shape index (κ3) is 3.24. The highest BCUT2D eigenvalue weighted by Gasteiger charge is 2.28. The number of nitrogens with zero attached hydrogens (tertiary/aromatic N) is 2. The molecule has 5 heteroatoms. The van der Waals surface area contributed by atoms with Crippen molar-refractivity contribution in [3.8, 4) is 0 Å². The fraction of sp³-hybridized carbons (Fsp3) is 0.250. The van der Waals surface area contributed by atoms with E-state index < -0.39 is 0 Å². The summed E-state index contributed by atoms with van der Waals surface area (Å²) in [7, 11) is 0. The summed E-state index contributed by atoms with van der Waals surface area (Å²) < 4.78 is 1.08. The van der Waals surface area contributed by atoms with Crippen LogP contribution in [0.5, 0.6) is 0 Å². The highest BCUT2D eigenvalue weighted by molar-refractivity contribution is 14.1. The maximum absolute atomic E-state index is 12.8. The normalized spacial score (nSPS) is 18.5. The molecule has 1 amide bonds. The van der Waals surface area contributed by atoms with Gasteiger partial charge < -0.3 is 10.2 Å². The van der Waals surface area contributed by atoms with E-state index >= 15 is 0 Å². The average molecular weight is 393 g/mol. The van der Waals surface area contributed by atoms with Crippen LogP contribution in [0.25, 0.3) is 0 Å². The first-order valence-corrected chi connectivity index (χ1v) is 8.01. The summed E-state index contributed by atoms with van der Waals surface area (Å²) in [5, 5.41) is 3.36. The van der Waals surface area contributed by atoms with Gasteiger partial charge in [0.1, 0.15) is 0 Å². The van der Waals surface area contributed by atoms with E-state index in [2.05, 4.69) is 32.9 Å². The van der Waals surface area contributed by atoms with Crippen LogP contribution < -0.4 is 5.32 Å². The van der Waals surface area contributed by atoms with E-state index in [1.54, 1.807) is 6.20 Å². The Morgan fingerprint density at radius 3 is 3.00 bits per heavy atom. The van der Waals surface area contributed by atoms with Gasteiger partial charge in [0.15, 0.2) is 0 Å². The third-order valence-electron chi connectivity index (χ3n) is 3.65. The lowest BCUT2D eigenvalue weighted by atomic mass is 10.0. The Hall–Kier alpha value is -1.47. The van der Waals surface area contributed by atoms with E-state index in [1.165, 1.54) is 0 Å². The summed E-state index contributed by atoms with van der Waals surface area (Å²) in [6.45, 7) is 2.30. The zero-order chi connectivity index (χ0) is 14.7. The number of amides is 1. The van der Waals surface area contributed by atoms with Gasteiger partial charge in [-0.15, -0.1) is 0 Å². The van der Waals surface area contributed by atoms with E-state index in [0.717, 1.165) is 27.8 Å². The van der Waals surface area contributed by atoms with E-state index in [0.29, 0.717) is 6.54 Å². The minimum Gasteiger partial charge on any atom is -0.329 e. The summed E-state index contributed by atoms with van der Waals surface area (Å²) >= 11 is 2.23. The van der Waals surface area contributed by atoms with Crippen molar-refractivity contribution in [2.75, 3.05) is 19.6 Å². The number of piperazine rings is 1. The number of hydrogen-bond acceptors (Lipinski definition) is 3. The van der Waals surface area contributed by atoms with Gasteiger partial charge in [-0.3, -0.25) is 9.78 Å². The Balaban J connectivity index is 1.89. The molecule has 1 fully saturated rings. The van der Waals surface area contributed by atoms with Gasteiger partial charge in [-0.25, -0.2) is 0 Å². The molecule has 108 valence electrons. The molecule has 1 aromatic heterocycles. The van der Waals surface area contributed by atoms with Gasteiger partial charge in [0.2, 0.25) is 0 Å². The molecule has 2 heterocycles. The van der Waals surface area contributed by atoms with Crippen molar-refractivity contribution in [2.24, 2.45) is 0 Å². The van der Waals surface area contributed by atoms with Crippen molar-refractivity contribution in [2.45, 2.75) is 6.04 Å². The first-order chi connectivity index (χ1) is 10.3. The van der Waals surface area contributed by atoms with E-state index in [4.69, 9.17) is 0 Å². The summed E-state index contributed by atoms with van der Waals surface area (Å²) in [6, 6.07) is 11.7. The number of hydrogen-bond donors (Lipinski definition) is 1. The molecule has 0 spiro atoms. The van der Waals surface area contributed by atoms with E-state index in [1.807, 2.05) is 47.5 Å². The molecule has 0 aliphatic carbocycles. The fourth-order valence-electron chi connectivity index (χ4n) is 2.61. The molecular weight excluding hydrogens is 377 g/mol. The van der Waals surface area contributed by atoms with Gasteiger partial charge in [-0.05, 0) is 52.4 Å². The number of aromatic nitrogens is 1. The third-order valence-corrected chi connectivity index (χ3v) is 4.32. The predicted octanol–water partition coefficient (Wildman–Crippen LogP) is 2.47. The topological polar surface area (TPSA) is 45.2 Å². The molecule has 1 aromatic carbocycles. The summed E-state index contributed by atoms with van der Waals surface area (Å²) in [5.41, 5.74) is 1.82. The van der Waals surface area contributed by atoms with E-state index in [9.17, 15) is 4.79 Å². The summed E-state index contributed by atoms with van der Waals surface area (Å²) in [4.78, 5) is 18.9. The Morgan fingerprint density at radius 1 is 1.33 bits per heavy atom. The van der Waals surface area contributed by atoms with Crippen molar-refractivity contribution < 1.29 is 4.79 Å². The van der Waals surface area contributed by atoms with Crippen LogP contribution in [-0.4, -0.2) is 35.4 Å². The quantitative estimate of drug-likeness (QED) is 0.798. The molecule has 4 nitrogen and oxygen atoms in total. The lowest BCUT2D eigenvalue weighted by molar-refractivity contribution is 0.0634. The maximum Gasteiger partial charge on any atom is 0.254 e. The van der Waals surface area contributed by atoms with Crippen molar-refractivity contribution in [3.05, 3.63) is 63.5 Å². The van der Waals surface area contributed by atoms with Gasteiger partial charge in [-0.1, -0.05) is 12.1 Å². The highest BCUT2D eigenvalue weighted by atomic mass is 127. The molecule has 1 atom stereocenters. The van der Waals surface area contributed by atoms with Gasteiger partial charge in [0.25, 0.3) is 5.91 Å². The molecule has 3 rings (SSSR count). The van der Waals surface area contributed by atoms with Crippen LogP contribution in [0.1, 0.15) is 22.0 Å². The molecule has 0 radical (unpaired) electrons. The van der Waals surface area contributed by atoms with Crippen LogP contribution in [-0.2, 0) is 0 Å². The van der Waals surface area contributed by atoms with Gasteiger partial charge in [0.05, 0.1) is 6.04 Å². The minimum absolute atomic E-state index is 0.0396. The van der Waals surface area contributed by atoms with Crippen LogP contribution in [0.4, 0.5) is 0 Å². The van der Waals surface area contributed by atoms with Gasteiger partial charge >= 0.3 is 0 Å². The van der Waals surface area contributed by atoms with Gasteiger partial charge in [0, 0.05) is 41.2 Å². The van der Waals surface area contributed by atoms with Crippen LogP contribution >= 0.6 is 22.6 Å².